The maximum absolute atomic E-state index is 11.9. The largest absolute Gasteiger partial charge is 0.344 e. The van der Waals surface area contributed by atoms with Crippen molar-refractivity contribution in [3.63, 3.8) is 0 Å². The van der Waals surface area contributed by atoms with E-state index in [1.807, 2.05) is 13.8 Å². The maximum Gasteiger partial charge on any atom is 0.242 e. The number of nitrogens with zero attached hydrogens (tertiary/aromatic N) is 7. The molecule has 1 atom stereocenters. The summed E-state index contributed by atoms with van der Waals surface area (Å²) < 4.78 is 3.02. The van der Waals surface area contributed by atoms with E-state index in [2.05, 4.69) is 30.9 Å². The molecule has 0 spiro atoms. The molecule has 102 valence electrons. The Morgan fingerprint density at radius 1 is 1.47 bits per heavy atom. The molecular weight excluding hydrogens is 248 g/mol. The van der Waals surface area contributed by atoms with Gasteiger partial charge in [-0.2, -0.15) is 5.10 Å². The second kappa shape index (κ2) is 5.55. The van der Waals surface area contributed by atoms with Crippen molar-refractivity contribution < 1.29 is 4.79 Å². The smallest absolute Gasteiger partial charge is 0.242 e. The minimum atomic E-state index is -0.198. The molecule has 0 bridgehead atoms. The third-order valence-corrected chi connectivity index (χ3v) is 2.70. The van der Waals surface area contributed by atoms with E-state index in [0.29, 0.717) is 0 Å². The molecule has 9 heteroatoms. The normalized spacial score (nSPS) is 12.6. The lowest BCUT2D eigenvalue weighted by Gasteiger charge is -2.21. The van der Waals surface area contributed by atoms with E-state index >= 15 is 0 Å². The highest BCUT2D eigenvalue weighted by Gasteiger charge is 2.22. The summed E-state index contributed by atoms with van der Waals surface area (Å²) in [6.07, 6.45) is 2.87. The molecule has 2 aromatic heterocycles. The van der Waals surface area contributed by atoms with Crippen molar-refractivity contribution >= 4 is 5.91 Å². The Balaban J connectivity index is 2.05. The van der Waals surface area contributed by atoms with Crippen LogP contribution in [0.25, 0.3) is 0 Å². The fourth-order valence-corrected chi connectivity index (χ4v) is 1.74. The van der Waals surface area contributed by atoms with Crippen molar-refractivity contribution in [2.24, 2.45) is 13.0 Å². The van der Waals surface area contributed by atoms with E-state index in [1.165, 1.54) is 17.3 Å². The quantitative estimate of drug-likeness (QED) is 0.767. The number of rotatable bonds is 5. The highest BCUT2D eigenvalue weighted by atomic mass is 16.2. The highest BCUT2D eigenvalue weighted by molar-refractivity contribution is 5.76. The van der Waals surface area contributed by atoms with Gasteiger partial charge in [0.2, 0.25) is 5.91 Å². The summed E-state index contributed by atoms with van der Waals surface area (Å²) in [5.41, 5.74) is 0. The first-order chi connectivity index (χ1) is 9.08. The van der Waals surface area contributed by atoms with Gasteiger partial charge in [-0.1, -0.05) is 13.8 Å². The molecule has 0 aliphatic rings. The van der Waals surface area contributed by atoms with Gasteiger partial charge < -0.3 is 5.32 Å². The van der Waals surface area contributed by atoms with Crippen LogP contribution in [0.4, 0.5) is 0 Å². The molecule has 1 N–H and O–H groups in total. The van der Waals surface area contributed by atoms with E-state index in [4.69, 9.17) is 0 Å². The van der Waals surface area contributed by atoms with Gasteiger partial charge in [0.1, 0.15) is 25.0 Å². The summed E-state index contributed by atoms with van der Waals surface area (Å²) in [6.45, 7) is 4.10. The molecule has 0 saturated carbocycles. The number of aromatic nitrogens is 7. The summed E-state index contributed by atoms with van der Waals surface area (Å²) in [7, 11) is 1.80. The molecule has 0 aliphatic carbocycles. The van der Waals surface area contributed by atoms with E-state index in [-0.39, 0.29) is 24.4 Å². The molecule has 0 fully saturated rings. The molecule has 0 aliphatic heterocycles. The Bertz CT molecular complexity index is 531. The zero-order valence-corrected chi connectivity index (χ0v) is 11.1. The predicted octanol–water partition coefficient (Wildman–Crippen LogP) is -0.685. The van der Waals surface area contributed by atoms with Gasteiger partial charge in [0, 0.05) is 7.05 Å². The summed E-state index contributed by atoms with van der Waals surface area (Å²) in [6, 6.07) is -0.198. The molecular formula is C10H16N8O. The van der Waals surface area contributed by atoms with Gasteiger partial charge in [-0.25, -0.2) is 9.67 Å². The molecule has 0 saturated heterocycles. The first-order valence-electron chi connectivity index (χ1n) is 5.92. The lowest BCUT2D eigenvalue weighted by molar-refractivity contribution is -0.123. The maximum atomic E-state index is 11.9. The predicted molar refractivity (Wildman–Crippen MR) is 64.5 cm³/mol. The van der Waals surface area contributed by atoms with Crippen LogP contribution in [0, 0.1) is 5.92 Å². The van der Waals surface area contributed by atoms with Crippen molar-refractivity contribution in [2.45, 2.75) is 26.4 Å². The van der Waals surface area contributed by atoms with Crippen molar-refractivity contribution in [2.75, 3.05) is 0 Å². The zero-order chi connectivity index (χ0) is 13.8. The number of carbonyl (C=O) groups excluding carboxylic acids is 1. The van der Waals surface area contributed by atoms with Crippen molar-refractivity contribution in [3.8, 4) is 0 Å². The van der Waals surface area contributed by atoms with Crippen LogP contribution in [0.2, 0.25) is 0 Å². The van der Waals surface area contributed by atoms with Gasteiger partial charge in [-0.05, 0) is 16.3 Å². The molecule has 2 rings (SSSR count). The summed E-state index contributed by atoms with van der Waals surface area (Å²) in [5.74, 6) is 0.745. The second-order valence-corrected chi connectivity index (χ2v) is 4.54. The van der Waals surface area contributed by atoms with Gasteiger partial charge in [0.25, 0.3) is 0 Å². The van der Waals surface area contributed by atoms with Crippen LogP contribution < -0.4 is 5.32 Å². The number of nitrogens with one attached hydrogen (secondary N) is 1. The number of carbonyl (C=O) groups is 1. The Labute approximate surface area is 110 Å². The number of hydrogen-bond donors (Lipinski definition) is 1. The van der Waals surface area contributed by atoms with Gasteiger partial charge in [-0.15, -0.1) is 5.10 Å². The molecule has 2 aromatic rings. The van der Waals surface area contributed by atoms with Crippen LogP contribution >= 0.6 is 0 Å². The average molecular weight is 264 g/mol. The Hall–Kier alpha value is -2.32. The van der Waals surface area contributed by atoms with Crippen LogP contribution in [0.15, 0.2) is 12.7 Å². The van der Waals surface area contributed by atoms with Gasteiger partial charge in [-0.3, -0.25) is 9.48 Å². The van der Waals surface area contributed by atoms with Crippen molar-refractivity contribution in [1.82, 2.24) is 40.3 Å². The van der Waals surface area contributed by atoms with Crippen molar-refractivity contribution in [3.05, 3.63) is 18.5 Å². The minimum absolute atomic E-state index is 0.0775. The highest BCUT2D eigenvalue weighted by Crippen LogP contribution is 2.18. The number of hydrogen-bond acceptors (Lipinski definition) is 6. The summed E-state index contributed by atoms with van der Waals surface area (Å²) >= 11 is 0. The minimum Gasteiger partial charge on any atom is -0.344 e. The van der Waals surface area contributed by atoms with Crippen LogP contribution in [-0.2, 0) is 18.4 Å². The third-order valence-electron chi connectivity index (χ3n) is 2.70. The zero-order valence-electron chi connectivity index (χ0n) is 11.1. The first kappa shape index (κ1) is 13.1. The SMILES string of the molecule is CC(C)[C@@H](NC(=O)Cn1cnnn1)c1ncnn1C. The standard InChI is InChI=1S/C10H16N8O/c1-7(2)9(10-11-5-13-17(10)3)14-8(19)4-18-6-12-15-16-18/h5-7,9H,4H2,1-3H3,(H,14,19)/t9-/m1/s1. The van der Waals surface area contributed by atoms with Crippen molar-refractivity contribution in [1.29, 1.82) is 0 Å². The number of amides is 1. The van der Waals surface area contributed by atoms with Crippen LogP contribution in [0.3, 0.4) is 0 Å². The Kier molecular flexibility index (Phi) is 3.83. The average Bonchev–Trinajstić information content (AvgIpc) is 2.97. The van der Waals surface area contributed by atoms with Gasteiger partial charge >= 0.3 is 0 Å². The third kappa shape index (κ3) is 3.12. The molecule has 2 heterocycles. The molecule has 1 amide bonds. The fourth-order valence-electron chi connectivity index (χ4n) is 1.74. The molecule has 19 heavy (non-hydrogen) atoms. The second-order valence-electron chi connectivity index (χ2n) is 4.54. The molecule has 0 radical (unpaired) electrons. The lowest BCUT2D eigenvalue weighted by Crippen LogP contribution is -2.35. The monoisotopic (exact) mass is 264 g/mol. The first-order valence-corrected chi connectivity index (χ1v) is 5.92. The number of aryl methyl sites for hydroxylation is 1. The van der Waals surface area contributed by atoms with E-state index in [1.54, 1.807) is 11.7 Å². The van der Waals surface area contributed by atoms with Crippen LogP contribution in [-0.4, -0.2) is 40.9 Å². The number of tetrazole rings is 1. The van der Waals surface area contributed by atoms with Crippen LogP contribution in [0.5, 0.6) is 0 Å². The van der Waals surface area contributed by atoms with Crippen LogP contribution in [0.1, 0.15) is 25.7 Å². The molecule has 0 unspecified atom stereocenters. The summed E-state index contributed by atoms with van der Waals surface area (Å²) in [5, 5.41) is 17.5. The van der Waals surface area contributed by atoms with E-state index in [9.17, 15) is 4.79 Å². The van der Waals surface area contributed by atoms with E-state index in [0.717, 1.165) is 5.82 Å². The van der Waals surface area contributed by atoms with Gasteiger partial charge in [0.05, 0.1) is 6.04 Å². The molecule has 0 aromatic carbocycles. The topological polar surface area (TPSA) is 103 Å². The van der Waals surface area contributed by atoms with Gasteiger partial charge in [0.15, 0.2) is 0 Å². The summed E-state index contributed by atoms with van der Waals surface area (Å²) in [4.78, 5) is 16.1. The lowest BCUT2D eigenvalue weighted by atomic mass is 10.0. The van der Waals surface area contributed by atoms with E-state index < -0.39 is 0 Å². The molecule has 9 nitrogen and oxygen atoms in total. The Morgan fingerprint density at radius 2 is 2.26 bits per heavy atom. The Morgan fingerprint density at radius 3 is 2.79 bits per heavy atom. The fraction of sp³-hybridized carbons (Fsp3) is 0.600.